The molecule has 2 amide bonds. The third-order valence-corrected chi connectivity index (χ3v) is 5.92. The van der Waals surface area contributed by atoms with Crippen LogP contribution in [-0.2, 0) is 19.1 Å². The average Bonchev–Trinajstić information content (AvgIpc) is 2.80. The molecule has 0 aromatic heterocycles. The van der Waals surface area contributed by atoms with Crippen molar-refractivity contribution in [3.05, 3.63) is 29.8 Å². The second-order valence-corrected chi connectivity index (χ2v) is 7.99. The van der Waals surface area contributed by atoms with Crippen molar-refractivity contribution in [1.29, 1.82) is 0 Å². The van der Waals surface area contributed by atoms with Crippen molar-refractivity contribution in [1.82, 2.24) is 10.2 Å². The standard InChI is InChI=1S/C24H36N2O5/c1-5-8-15-26-22(28)14-13-20(23(26)17-9-11-19(30-4)12-10-17)24(29)31-16-21(27)25-18(6-2)7-3/h9-12,18,20,23H,5-8,13-16H2,1-4H3,(H,25,27)/t20-,23+/m1/s1. The fourth-order valence-electron chi connectivity index (χ4n) is 4.01. The number of hydrogen-bond acceptors (Lipinski definition) is 5. The van der Waals surface area contributed by atoms with Gasteiger partial charge in [-0.2, -0.15) is 0 Å². The number of hydrogen-bond donors (Lipinski definition) is 1. The van der Waals surface area contributed by atoms with E-state index in [0.29, 0.717) is 25.1 Å². The fraction of sp³-hybridized carbons (Fsp3) is 0.625. The van der Waals surface area contributed by atoms with E-state index in [0.717, 1.165) is 31.2 Å². The van der Waals surface area contributed by atoms with Gasteiger partial charge in [0.1, 0.15) is 5.75 Å². The Hall–Kier alpha value is -2.57. The molecule has 1 aliphatic heterocycles. The minimum atomic E-state index is -0.510. The summed E-state index contributed by atoms with van der Waals surface area (Å²) in [6.07, 6.45) is 4.17. The molecule has 7 heteroatoms. The van der Waals surface area contributed by atoms with Crippen LogP contribution in [0.25, 0.3) is 0 Å². The number of methoxy groups -OCH3 is 1. The molecule has 172 valence electrons. The summed E-state index contributed by atoms with van der Waals surface area (Å²) >= 11 is 0. The quantitative estimate of drug-likeness (QED) is 0.540. The molecule has 0 spiro atoms. The first-order valence-electron chi connectivity index (χ1n) is 11.3. The van der Waals surface area contributed by atoms with Crippen LogP contribution in [0.3, 0.4) is 0 Å². The van der Waals surface area contributed by atoms with E-state index in [9.17, 15) is 14.4 Å². The van der Waals surface area contributed by atoms with Gasteiger partial charge in [0, 0.05) is 19.0 Å². The van der Waals surface area contributed by atoms with E-state index in [-0.39, 0.29) is 24.5 Å². The molecule has 1 aromatic carbocycles. The predicted octanol–water partition coefficient (Wildman–Crippen LogP) is 3.62. The number of unbranched alkanes of at least 4 members (excludes halogenated alkanes) is 1. The zero-order chi connectivity index (χ0) is 22.8. The number of esters is 1. The number of nitrogens with zero attached hydrogens (tertiary/aromatic N) is 1. The average molecular weight is 433 g/mol. The van der Waals surface area contributed by atoms with Crippen molar-refractivity contribution in [3.63, 3.8) is 0 Å². The minimum Gasteiger partial charge on any atom is -0.497 e. The van der Waals surface area contributed by atoms with Crippen LogP contribution in [0.5, 0.6) is 5.75 Å². The molecule has 1 saturated heterocycles. The first-order valence-corrected chi connectivity index (χ1v) is 11.3. The highest BCUT2D eigenvalue weighted by Crippen LogP contribution is 2.38. The summed E-state index contributed by atoms with van der Waals surface area (Å²) in [4.78, 5) is 39.7. The van der Waals surface area contributed by atoms with Gasteiger partial charge in [0.25, 0.3) is 5.91 Å². The maximum Gasteiger partial charge on any atom is 0.311 e. The number of amides is 2. The van der Waals surface area contributed by atoms with Gasteiger partial charge in [-0.05, 0) is 43.4 Å². The molecule has 31 heavy (non-hydrogen) atoms. The molecular formula is C24H36N2O5. The summed E-state index contributed by atoms with van der Waals surface area (Å²) < 4.78 is 10.6. The van der Waals surface area contributed by atoms with Crippen LogP contribution in [0, 0.1) is 5.92 Å². The molecule has 1 heterocycles. The molecule has 0 aliphatic carbocycles. The zero-order valence-corrected chi connectivity index (χ0v) is 19.2. The third-order valence-electron chi connectivity index (χ3n) is 5.92. The van der Waals surface area contributed by atoms with Gasteiger partial charge < -0.3 is 19.7 Å². The first kappa shape index (κ1) is 24.7. The number of ether oxygens (including phenoxy) is 2. The van der Waals surface area contributed by atoms with Crippen molar-refractivity contribution >= 4 is 17.8 Å². The van der Waals surface area contributed by atoms with Gasteiger partial charge in [-0.25, -0.2) is 0 Å². The molecule has 1 fully saturated rings. The van der Waals surface area contributed by atoms with Crippen molar-refractivity contribution in [2.24, 2.45) is 5.92 Å². The van der Waals surface area contributed by atoms with Crippen LogP contribution in [0.1, 0.15) is 70.9 Å². The largest absolute Gasteiger partial charge is 0.497 e. The molecule has 2 atom stereocenters. The predicted molar refractivity (Wildman–Crippen MR) is 119 cm³/mol. The molecule has 0 bridgehead atoms. The van der Waals surface area contributed by atoms with Gasteiger partial charge in [0.15, 0.2) is 6.61 Å². The number of carbonyl (C=O) groups is 3. The molecule has 0 unspecified atom stereocenters. The minimum absolute atomic E-state index is 0.0461. The van der Waals surface area contributed by atoms with Gasteiger partial charge in [-0.1, -0.05) is 39.3 Å². The Kier molecular flexibility index (Phi) is 9.82. The van der Waals surface area contributed by atoms with Crippen molar-refractivity contribution < 1.29 is 23.9 Å². The van der Waals surface area contributed by atoms with E-state index in [1.807, 2.05) is 38.1 Å². The Morgan fingerprint density at radius 1 is 1.16 bits per heavy atom. The highest BCUT2D eigenvalue weighted by atomic mass is 16.5. The van der Waals surface area contributed by atoms with Gasteiger partial charge in [-0.15, -0.1) is 0 Å². The summed E-state index contributed by atoms with van der Waals surface area (Å²) in [6, 6.07) is 7.11. The summed E-state index contributed by atoms with van der Waals surface area (Å²) in [5.74, 6) is -0.482. The normalized spacial score (nSPS) is 18.7. The summed E-state index contributed by atoms with van der Waals surface area (Å²) in [5.41, 5.74) is 0.869. The number of benzene rings is 1. The number of piperidine rings is 1. The maximum absolute atomic E-state index is 13.0. The van der Waals surface area contributed by atoms with Crippen LogP contribution in [0.15, 0.2) is 24.3 Å². The highest BCUT2D eigenvalue weighted by molar-refractivity contribution is 5.84. The van der Waals surface area contributed by atoms with E-state index in [1.165, 1.54) is 0 Å². The van der Waals surface area contributed by atoms with Crippen LogP contribution in [0.2, 0.25) is 0 Å². The summed E-state index contributed by atoms with van der Waals surface area (Å²) in [5, 5.41) is 2.88. The van der Waals surface area contributed by atoms with Crippen molar-refractivity contribution in [3.8, 4) is 5.75 Å². The van der Waals surface area contributed by atoms with Gasteiger partial charge in [0.05, 0.1) is 19.1 Å². The van der Waals surface area contributed by atoms with Crippen LogP contribution in [0.4, 0.5) is 0 Å². The lowest BCUT2D eigenvalue weighted by atomic mass is 9.84. The fourth-order valence-corrected chi connectivity index (χ4v) is 4.01. The second kappa shape index (κ2) is 12.3. The third kappa shape index (κ3) is 6.71. The molecule has 1 aliphatic rings. The second-order valence-electron chi connectivity index (χ2n) is 7.99. The molecule has 0 radical (unpaired) electrons. The lowest BCUT2D eigenvalue weighted by molar-refractivity contribution is -0.160. The number of likely N-dealkylation sites (tertiary alicyclic amines) is 1. The Morgan fingerprint density at radius 3 is 2.42 bits per heavy atom. The monoisotopic (exact) mass is 432 g/mol. The smallest absolute Gasteiger partial charge is 0.311 e. The lowest BCUT2D eigenvalue weighted by Crippen LogP contribution is -2.46. The summed E-state index contributed by atoms with van der Waals surface area (Å²) in [6.45, 7) is 6.36. The van der Waals surface area contributed by atoms with Crippen LogP contribution in [-0.4, -0.2) is 49.0 Å². The SMILES string of the molecule is CCCCN1C(=O)CC[C@@H](C(=O)OCC(=O)NC(CC)CC)[C@@H]1c1ccc(OC)cc1. The Bertz CT molecular complexity index is 730. The topological polar surface area (TPSA) is 84.9 Å². The molecule has 0 saturated carbocycles. The van der Waals surface area contributed by atoms with E-state index in [1.54, 1.807) is 12.0 Å². The van der Waals surface area contributed by atoms with Gasteiger partial charge >= 0.3 is 5.97 Å². The Balaban J connectivity index is 2.18. The van der Waals surface area contributed by atoms with Crippen LogP contribution >= 0.6 is 0 Å². The highest BCUT2D eigenvalue weighted by Gasteiger charge is 2.41. The van der Waals surface area contributed by atoms with E-state index in [4.69, 9.17) is 9.47 Å². The van der Waals surface area contributed by atoms with Crippen molar-refractivity contribution in [2.45, 2.75) is 71.4 Å². The summed E-state index contributed by atoms with van der Waals surface area (Å²) in [7, 11) is 1.60. The Morgan fingerprint density at radius 2 is 1.84 bits per heavy atom. The van der Waals surface area contributed by atoms with Crippen LogP contribution < -0.4 is 10.1 Å². The zero-order valence-electron chi connectivity index (χ0n) is 19.2. The van der Waals surface area contributed by atoms with Crippen molar-refractivity contribution in [2.75, 3.05) is 20.3 Å². The number of carbonyl (C=O) groups excluding carboxylic acids is 3. The molecular weight excluding hydrogens is 396 g/mol. The molecule has 1 N–H and O–H groups in total. The molecule has 2 rings (SSSR count). The first-order chi connectivity index (χ1) is 14.9. The van der Waals surface area contributed by atoms with E-state index in [2.05, 4.69) is 12.2 Å². The maximum atomic E-state index is 13.0. The Labute approximate surface area is 185 Å². The van der Waals surface area contributed by atoms with E-state index >= 15 is 0 Å². The molecule has 1 aromatic rings. The number of nitrogens with one attached hydrogen (secondary N) is 1. The lowest BCUT2D eigenvalue weighted by Gasteiger charge is -2.40. The number of rotatable bonds is 11. The molecule has 7 nitrogen and oxygen atoms in total. The van der Waals surface area contributed by atoms with E-state index < -0.39 is 17.9 Å². The van der Waals surface area contributed by atoms with Gasteiger partial charge in [-0.3, -0.25) is 14.4 Å². The van der Waals surface area contributed by atoms with Gasteiger partial charge in [0.2, 0.25) is 5.91 Å².